The summed E-state index contributed by atoms with van der Waals surface area (Å²) in [5.74, 6) is 2.06. The molecule has 1 amide bonds. The first-order chi connectivity index (χ1) is 17.6. The minimum absolute atomic E-state index is 0.111. The number of halogens is 1. The van der Waals surface area contributed by atoms with Crippen molar-refractivity contribution in [1.29, 1.82) is 0 Å². The minimum Gasteiger partial charge on any atom is -0.494 e. The van der Waals surface area contributed by atoms with E-state index in [1.54, 1.807) is 0 Å². The molecule has 1 atom stereocenters. The van der Waals surface area contributed by atoms with Crippen LogP contribution in [-0.4, -0.2) is 34.4 Å². The van der Waals surface area contributed by atoms with Crippen molar-refractivity contribution in [2.75, 3.05) is 13.4 Å². The number of nitrogens with one attached hydrogen (secondary N) is 1. The van der Waals surface area contributed by atoms with Gasteiger partial charge in [0.15, 0.2) is 11.5 Å². The van der Waals surface area contributed by atoms with Gasteiger partial charge in [0.25, 0.3) is 5.91 Å². The highest BCUT2D eigenvalue weighted by molar-refractivity contribution is 6.30. The largest absolute Gasteiger partial charge is 0.494 e. The lowest BCUT2D eigenvalue weighted by Crippen LogP contribution is -2.29. The van der Waals surface area contributed by atoms with Crippen molar-refractivity contribution in [2.24, 2.45) is 0 Å². The molecule has 7 nitrogen and oxygen atoms in total. The van der Waals surface area contributed by atoms with Gasteiger partial charge < -0.3 is 19.1 Å². The lowest BCUT2D eigenvalue weighted by Gasteiger charge is -2.27. The first kappa shape index (κ1) is 22.5. The molecule has 0 aliphatic carbocycles. The average Bonchev–Trinajstić information content (AvgIpc) is 3.60. The molecule has 0 bridgehead atoms. The maximum Gasteiger partial charge on any atom is 0.273 e. The lowest BCUT2D eigenvalue weighted by molar-refractivity contribution is 0.0729. The lowest BCUT2D eigenvalue weighted by atomic mass is 9.95. The molecule has 3 heterocycles. The highest BCUT2D eigenvalue weighted by Gasteiger charge is 2.42. The van der Waals surface area contributed by atoms with E-state index < -0.39 is 0 Å². The second-order valence-electron chi connectivity index (χ2n) is 8.81. The molecular weight excluding hydrogens is 478 g/mol. The van der Waals surface area contributed by atoms with Crippen LogP contribution in [0, 0.1) is 0 Å². The zero-order valence-corrected chi connectivity index (χ0v) is 20.4. The number of aromatic nitrogens is 2. The molecular formula is C28H24ClN3O4. The van der Waals surface area contributed by atoms with Gasteiger partial charge in [-0.3, -0.25) is 9.89 Å². The van der Waals surface area contributed by atoms with E-state index in [9.17, 15) is 4.79 Å². The number of carbonyl (C=O) groups is 1. The third kappa shape index (κ3) is 3.95. The van der Waals surface area contributed by atoms with Crippen molar-refractivity contribution in [2.45, 2.75) is 25.9 Å². The predicted molar refractivity (Wildman–Crippen MR) is 136 cm³/mol. The molecule has 2 aliphatic heterocycles. The summed E-state index contributed by atoms with van der Waals surface area (Å²) < 4.78 is 16.9. The first-order valence-electron chi connectivity index (χ1n) is 11.9. The molecule has 0 radical (unpaired) electrons. The van der Waals surface area contributed by atoms with Crippen molar-refractivity contribution in [1.82, 2.24) is 15.1 Å². The average molecular weight is 502 g/mol. The number of H-pyrrole nitrogens is 1. The summed E-state index contributed by atoms with van der Waals surface area (Å²) in [6.07, 6.45) is 0.912. The van der Waals surface area contributed by atoms with Gasteiger partial charge in [-0.25, -0.2) is 0 Å². The maximum absolute atomic E-state index is 13.7. The third-order valence-electron chi connectivity index (χ3n) is 6.42. The Bertz CT molecular complexity index is 1430. The molecule has 182 valence electrons. The summed E-state index contributed by atoms with van der Waals surface area (Å²) in [7, 11) is 0. The van der Waals surface area contributed by atoms with Crippen molar-refractivity contribution < 1.29 is 19.0 Å². The summed E-state index contributed by atoms with van der Waals surface area (Å²) in [6, 6.07) is 20.8. The minimum atomic E-state index is -0.354. The summed E-state index contributed by atoms with van der Waals surface area (Å²) in [6.45, 7) is 3.29. The van der Waals surface area contributed by atoms with E-state index in [2.05, 4.69) is 17.1 Å². The summed E-state index contributed by atoms with van der Waals surface area (Å²) in [5, 5.41) is 8.19. The zero-order chi connectivity index (χ0) is 24.6. The van der Waals surface area contributed by atoms with Gasteiger partial charge in [0.1, 0.15) is 11.4 Å². The van der Waals surface area contributed by atoms with Crippen LogP contribution in [0.25, 0.3) is 11.3 Å². The Hall–Kier alpha value is -3.97. The van der Waals surface area contributed by atoms with Crippen LogP contribution in [0.2, 0.25) is 5.02 Å². The van der Waals surface area contributed by atoms with E-state index in [-0.39, 0.29) is 18.7 Å². The molecule has 0 saturated carbocycles. The molecule has 0 spiro atoms. The molecule has 8 heteroatoms. The van der Waals surface area contributed by atoms with Crippen LogP contribution in [0.1, 0.15) is 46.6 Å². The molecule has 2 aliphatic rings. The number of nitrogens with zero attached hydrogens (tertiary/aromatic N) is 2. The van der Waals surface area contributed by atoms with E-state index in [0.29, 0.717) is 35.4 Å². The molecule has 36 heavy (non-hydrogen) atoms. The molecule has 0 fully saturated rings. The van der Waals surface area contributed by atoms with E-state index in [4.69, 9.17) is 25.8 Å². The second-order valence-corrected chi connectivity index (χ2v) is 9.25. The number of fused-ring (bicyclic) bond motifs is 2. The molecule has 1 unspecified atom stereocenters. The normalized spacial score (nSPS) is 15.9. The van der Waals surface area contributed by atoms with Gasteiger partial charge in [-0.1, -0.05) is 48.9 Å². The first-order valence-corrected chi connectivity index (χ1v) is 12.3. The fourth-order valence-corrected chi connectivity index (χ4v) is 4.89. The number of ether oxygens (including phenoxy) is 3. The van der Waals surface area contributed by atoms with Crippen LogP contribution in [0.3, 0.4) is 0 Å². The summed E-state index contributed by atoms with van der Waals surface area (Å²) in [5.41, 5.74) is 4.85. The SMILES string of the molecule is CCCOc1cccc(C2c3c(-c4ccc(Cl)cc4)n[nH]c3C(=O)N2Cc2ccc3c(c2)OCO3)c1. The Kier molecular flexibility index (Phi) is 5.77. The summed E-state index contributed by atoms with van der Waals surface area (Å²) in [4.78, 5) is 15.6. The number of aromatic amines is 1. The third-order valence-corrected chi connectivity index (χ3v) is 6.67. The van der Waals surface area contributed by atoms with Crippen molar-refractivity contribution in [3.05, 3.63) is 94.1 Å². The number of carbonyl (C=O) groups excluding carboxylic acids is 1. The van der Waals surface area contributed by atoms with Gasteiger partial charge in [-0.2, -0.15) is 5.10 Å². The molecule has 4 aromatic rings. The Morgan fingerprint density at radius 1 is 1.08 bits per heavy atom. The smallest absolute Gasteiger partial charge is 0.273 e. The van der Waals surface area contributed by atoms with Crippen molar-refractivity contribution >= 4 is 17.5 Å². The van der Waals surface area contributed by atoms with E-state index in [1.807, 2.05) is 71.6 Å². The number of benzene rings is 3. The van der Waals surface area contributed by atoms with Gasteiger partial charge in [0, 0.05) is 22.7 Å². The number of hydrogen-bond acceptors (Lipinski definition) is 5. The van der Waals surface area contributed by atoms with Crippen LogP contribution in [0.4, 0.5) is 0 Å². The fourth-order valence-electron chi connectivity index (χ4n) is 4.76. The van der Waals surface area contributed by atoms with Crippen LogP contribution in [0.15, 0.2) is 66.7 Å². The zero-order valence-electron chi connectivity index (χ0n) is 19.7. The molecule has 1 N–H and O–H groups in total. The van der Waals surface area contributed by atoms with Gasteiger partial charge in [0.05, 0.1) is 18.3 Å². The molecule has 3 aromatic carbocycles. The number of hydrogen-bond donors (Lipinski definition) is 1. The van der Waals surface area contributed by atoms with Gasteiger partial charge >= 0.3 is 0 Å². The Morgan fingerprint density at radius 2 is 1.92 bits per heavy atom. The highest BCUT2D eigenvalue weighted by atomic mass is 35.5. The Balaban J connectivity index is 1.44. The molecule has 0 saturated heterocycles. The predicted octanol–water partition coefficient (Wildman–Crippen LogP) is 5.99. The van der Waals surface area contributed by atoms with Gasteiger partial charge in [-0.05, 0) is 53.9 Å². The molecule has 1 aromatic heterocycles. The van der Waals surface area contributed by atoms with E-state index in [0.717, 1.165) is 40.1 Å². The Labute approximate surface area is 213 Å². The maximum atomic E-state index is 13.7. The van der Waals surface area contributed by atoms with Crippen LogP contribution < -0.4 is 14.2 Å². The van der Waals surface area contributed by atoms with Crippen molar-refractivity contribution in [3.8, 4) is 28.5 Å². The van der Waals surface area contributed by atoms with Gasteiger partial charge in [-0.15, -0.1) is 0 Å². The van der Waals surface area contributed by atoms with E-state index in [1.165, 1.54) is 0 Å². The van der Waals surface area contributed by atoms with Crippen molar-refractivity contribution in [3.63, 3.8) is 0 Å². The number of rotatable bonds is 7. The van der Waals surface area contributed by atoms with Crippen LogP contribution >= 0.6 is 11.6 Å². The molecule has 6 rings (SSSR count). The Morgan fingerprint density at radius 3 is 2.75 bits per heavy atom. The monoisotopic (exact) mass is 501 g/mol. The topological polar surface area (TPSA) is 76.7 Å². The van der Waals surface area contributed by atoms with Crippen LogP contribution in [-0.2, 0) is 6.54 Å². The van der Waals surface area contributed by atoms with Crippen LogP contribution in [0.5, 0.6) is 17.2 Å². The standard InChI is InChI=1S/C28H24ClN3O4/c1-2-12-34-21-5-3-4-19(14-21)27-24-25(18-7-9-20(29)10-8-18)30-31-26(24)28(33)32(27)15-17-6-11-22-23(13-17)36-16-35-22/h3-11,13-14,27H,2,12,15-16H2,1H3,(H,30,31). The van der Waals surface area contributed by atoms with E-state index >= 15 is 0 Å². The second kappa shape index (κ2) is 9.24. The number of amides is 1. The van der Waals surface area contributed by atoms with Gasteiger partial charge in [0.2, 0.25) is 6.79 Å². The summed E-state index contributed by atoms with van der Waals surface area (Å²) >= 11 is 6.13. The fraction of sp³-hybridized carbons (Fsp3) is 0.214. The quantitative estimate of drug-likeness (QED) is 0.336. The highest BCUT2D eigenvalue weighted by Crippen LogP contribution is 2.44.